The number of nitrogens with one attached hydrogen (secondary N) is 2. The summed E-state index contributed by atoms with van der Waals surface area (Å²) >= 11 is 1.69. The molecule has 3 heterocycles. The minimum Gasteiger partial charge on any atom is -0.360 e. The lowest BCUT2D eigenvalue weighted by molar-refractivity contribution is 0.0957. The first-order valence-electron chi connectivity index (χ1n) is 7.31. The van der Waals surface area contributed by atoms with Crippen molar-refractivity contribution in [1.29, 1.82) is 0 Å². The summed E-state index contributed by atoms with van der Waals surface area (Å²) in [4.78, 5) is 19.9. The van der Waals surface area contributed by atoms with Gasteiger partial charge in [-0.1, -0.05) is 6.07 Å². The number of nitrogens with zero attached hydrogens (tertiary/aromatic N) is 1. The van der Waals surface area contributed by atoms with Crippen LogP contribution in [0.3, 0.4) is 0 Å². The second-order valence-corrected chi connectivity index (χ2v) is 6.61. The van der Waals surface area contributed by atoms with Crippen molar-refractivity contribution in [3.63, 3.8) is 0 Å². The SMILES string of the molecule is O=C(c1c[nH]c2cc(F)ccc12)[C@@H]1CS[C@@H](c2cccnc2)N1. The van der Waals surface area contributed by atoms with E-state index in [1.165, 1.54) is 12.1 Å². The molecule has 4 rings (SSSR count). The Morgan fingerprint density at radius 2 is 2.26 bits per heavy atom. The van der Waals surface area contributed by atoms with Gasteiger partial charge < -0.3 is 4.98 Å². The van der Waals surface area contributed by atoms with E-state index in [1.807, 2.05) is 18.3 Å². The number of benzene rings is 1. The molecule has 2 atom stereocenters. The summed E-state index contributed by atoms with van der Waals surface area (Å²) in [6, 6.07) is 8.06. The van der Waals surface area contributed by atoms with Crippen LogP contribution in [0, 0.1) is 5.82 Å². The highest BCUT2D eigenvalue weighted by atomic mass is 32.2. The van der Waals surface area contributed by atoms with E-state index in [4.69, 9.17) is 0 Å². The Bertz CT molecular complexity index is 865. The molecule has 1 aliphatic heterocycles. The predicted molar refractivity (Wildman–Crippen MR) is 88.9 cm³/mol. The fourth-order valence-electron chi connectivity index (χ4n) is 2.84. The molecule has 116 valence electrons. The Kier molecular flexibility index (Phi) is 3.63. The van der Waals surface area contributed by atoms with Crippen molar-refractivity contribution in [2.75, 3.05) is 5.75 Å². The van der Waals surface area contributed by atoms with Crippen LogP contribution in [0.1, 0.15) is 21.3 Å². The van der Waals surface area contributed by atoms with Crippen LogP contribution in [0.25, 0.3) is 10.9 Å². The highest BCUT2D eigenvalue weighted by Gasteiger charge is 2.32. The van der Waals surface area contributed by atoms with Gasteiger partial charge in [-0.05, 0) is 29.8 Å². The molecule has 0 aliphatic carbocycles. The second kappa shape index (κ2) is 5.79. The number of H-pyrrole nitrogens is 1. The molecule has 3 aromatic rings. The summed E-state index contributed by atoms with van der Waals surface area (Å²) in [6.45, 7) is 0. The number of hydrogen-bond donors (Lipinski definition) is 2. The van der Waals surface area contributed by atoms with Crippen LogP contribution < -0.4 is 5.32 Å². The van der Waals surface area contributed by atoms with E-state index in [0.29, 0.717) is 16.8 Å². The molecule has 0 saturated carbocycles. The van der Waals surface area contributed by atoms with Gasteiger partial charge in [0.05, 0.1) is 11.4 Å². The average molecular weight is 327 g/mol. The van der Waals surface area contributed by atoms with E-state index in [9.17, 15) is 9.18 Å². The van der Waals surface area contributed by atoms with Crippen LogP contribution in [-0.2, 0) is 0 Å². The van der Waals surface area contributed by atoms with E-state index in [1.54, 1.807) is 30.2 Å². The van der Waals surface area contributed by atoms with E-state index in [2.05, 4.69) is 15.3 Å². The molecule has 1 saturated heterocycles. The third-order valence-electron chi connectivity index (χ3n) is 4.00. The number of rotatable bonds is 3. The average Bonchev–Trinajstić information content (AvgIpc) is 3.22. The van der Waals surface area contributed by atoms with Crippen LogP contribution in [0.5, 0.6) is 0 Å². The summed E-state index contributed by atoms with van der Waals surface area (Å²) in [5, 5.41) is 4.18. The molecule has 2 N–H and O–H groups in total. The van der Waals surface area contributed by atoms with Gasteiger partial charge in [-0.3, -0.25) is 15.1 Å². The minimum absolute atomic E-state index is 0.0294. The summed E-state index contributed by atoms with van der Waals surface area (Å²) in [5.41, 5.74) is 2.31. The number of aromatic amines is 1. The molecule has 1 aliphatic rings. The number of halogens is 1. The minimum atomic E-state index is -0.315. The standard InChI is InChI=1S/C17H14FN3OS/c18-11-3-4-12-13(8-20-14(12)6-11)16(22)15-9-23-17(21-15)10-2-1-5-19-7-10/h1-8,15,17,20-21H,9H2/t15-,17-/m0/s1. The quantitative estimate of drug-likeness (QED) is 0.725. The smallest absolute Gasteiger partial charge is 0.182 e. The maximum Gasteiger partial charge on any atom is 0.182 e. The van der Waals surface area contributed by atoms with Gasteiger partial charge in [0, 0.05) is 40.8 Å². The van der Waals surface area contributed by atoms with Gasteiger partial charge >= 0.3 is 0 Å². The number of aromatic nitrogens is 2. The van der Waals surface area contributed by atoms with Crippen molar-refractivity contribution < 1.29 is 9.18 Å². The predicted octanol–water partition coefficient (Wildman–Crippen LogP) is 3.29. The maximum absolute atomic E-state index is 13.3. The Morgan fingerprint density at radius 3 is 3.09 bits per heavy atom. The number of fused-ring (bicyclic) bond motifs is 1. The summed E-state index contributed by atoms with van der Waals surface area (Å²) in [5.74, 6) is 0.415. The first-order chi connectivity index (χ1) is 11.2. The Hall–Kier alpha value is -2.18. The zero-order chi connectivity index (χ0) is 15.8. The number of carbonyl (C=O) groups excluding carboxylic acids is 1. The Morgan fingerprint density at radius 1 is 1.35 bits per heavy atom. The van der Waals surface area contributed by atoms with Gasteiger partial charge in [0.2, 0.25) is 0 Å². The van der Waals surface area contributed by atoms with E-state index < -0.39 is 0 Å². The van der Waals surface area contributed by atoms with E-state index in [0.717, 1.165) is 10.9 Å². The van der Waals surface area contributed by atoms with Gasteiger partial charge in [-0.25, -0.2) is 4.39 Å². The van der Waals surface area contributed by atoms with Crippen LogP contribution in [0.2, 0.25) is 0 Å². The molecule has 4 nitrogen and oxygen atoms in total. The number of ketones is 1. The van der Waals surface area contributed by atoms with Crippen molar-refractivity contribution in [2.24, 2.45) is 0 Å². The Balaban J connectivity index is 1.57. The zero-order valence-corrected chi connectivity index (χ0v) is 12.9. The Labute approximate surface area is 136 Å². The molecule has 2 aromatic heterocycles. The number of pyridine rings is 1. The topological polar surface area (TPSA) is 57.8 Å². The molecule has 6 heteroatoms. The molecular weight excluding hydrogens is 313 g/mol. The molecular formula is C17H14FN3OS. The highest BCUT2D eigenvalue weighted by molar-refractivity contribution is 7.99. The third-order valence-corrected chi connectivity index (χ3v) is 5.26. The van der Waals surface area contributed by atoms with Crippen molar-refractivity contribution in [3.8, 4) is 0 Å². The monoisotopic (exact) mass is 327 g/mol. The number of thioether (sulfide) groups is 1. The third kappa shape index (κ3) is 2.64. The van der Waals surface area contributed by atoms with Gasteiger partial charge in [0.25, 0.3) is 0 Å². The molecule has 1 aromatic carbocycles. The molecule has 0 radical (unpaired) electrons. The second-order valence-electron chi connectivity index (χ2n) is 5.48. The molecule has 0 spiro atoms. The van der Waals surface area contributed by atoms with Gasteiger partial charge in [-0.2, -0.15) is 0 Å². The van der Waals surface area contributed by atoms with Crippen molar-refractivity contribution in [1.82, 2.24) is 15.3 Å². The molecule has 1 fully saturated rings. The lowest BCUT2D eigenvalue weighted by Crippen LogP contribution is -2.34. The zero-order valence-electron chi connectivity index (χ0n) is 12.1. The molecule has 0 unspecified atom stereocenters. The van der Waals surface area contributed by atoms with E-state index >= 15 is 0 Å². The van der Waals surface area contributed by atoms with Crippen LogP contribution >= 0.6 is 11.8 Å². The first-order valence-corrected chi connectivity index (χ1v) is 8.35. The van der Waals surface area contributed by atoms with Gasteiger partial charge in [0.15, 0.2) is 5.78 Å². The first kappa shape index (κ1) is 14.4. The van der Waals surface area contributed by atoms with E-state index in [-0.39, 0.29) is 23.0 Å². The van der Waals surface area contributed by atoms with Crippen LogP contribution in [-0.4, -0.2) is 27.5 Å². The molecule has 0 bridgehead atoms. The summed E-state index contributed by atoms with van der Waals surface area (Å²) < 4.78 is 13.3. The molecule has 0 amide bonds. The van der Waals surface area contributed by atoms with Crippen molar-refractivity contribution in [3.05, 3.63) is 65.9 Å². The fraction of sp³-hybridized carbons (Fsp3) is 0.176. The lowest BCUT2D eigenvalue weighted by Gasteiger charge is -2.12. The normalized spacial score (nSPS) is 20.9. The van der Waals surface area contributed by atoms with Crippen LogP contribution in [0.15, 0.2) is 48.9 Å². The number of hydrogen-bond acceptors (Lipinski definition) is 4. The van der Waals surface area contributed by atoms with Gasteiger partial charge in [0.1, 0.15) is 5.82 Å². The van der Waals surface area contributed by atoms with Crippen molar-refractivity contribution >= 4 is 28.4 Å². The number of carbonyl (C=O) groups is 1. The van der Waals surface area contributed by atoms with Gasteiger partial charge in [-0.15, -0.1) is 11.8 Å². The highest BCUT2D eigenvalue weighted by Crippen LogP contribution is 2.34. The number of Topliss-reactive ketones (excluding diaryl/α,β-unsaturated/α-hetero) is 1. The summed E-state index contributed by atoms with van der Waals surface area (Å²) in [7, 11) is 0. The maximum atomic E-state index is 13.3. The largest absolute Gasteiger partial charge is 0.360 e. The lowest BCUT2D eigenvalue weighted by atomic mass is 10.0. The van der Waals surface area contributed by atoms with Crippen LogP contribution in [0.4, 0.5) is 4.39 Å². The van der Waals surface area contributed by atoms with Crippen molar-refractivity contribution in [2.45, 2.75) is 11.4 Å². The summed E-state index contributed by atoms with van der Waals surface area (Å²) in [6.07, 6.45) is 5.21. The molecule has 23 heavy (non-hydrogen) atoms. The fourth-order valence-corrected chi connectivity index (χ4v) is 4.06.